The molecule has 0 aromatic heterocycles. The molecule has 1 N–H and O–H groups in total. The highest BCUT2D eigenvalue weighted by molar-refractivity contribution is 5.50. The molecule has 104 valence electrons. The number of halogens is 1. The van der Waals surface area contributed by atoms with Gasteiger partial charge in [-0.1, -0.05) is 30.3 Å². The van der Waals surface area contributed by atoms with Crippen LogP contribution in [-0.4, -0.2) is 11.7 Å². The minimum atomic E-state index is -1.16. The van der Waals surface area contributed by atoms with E-state index in [2.05, 4.69) is 0 Å². The molecule has 0 fully saturated rings. The fourth-order valence-electron chi connectivity index (χ4n) is 3.01. The molecular formula is C17H17FO2. The van der Waals surface area contributed by atoms with E-state index in [-0.39, 0.29) is 5.82 Å². The highest BCUT2D eigenvalue weighted by Crippen LogP contribution is 2.45. The molecule has 0 saturated heterocycles. The van der Waals surface area contributed by atoms with E-state index in [4.69, 9.17) is 4.74 Å². The van der Waals surface area contributed by atoms with E-state index in [0.717, 1.165) is 0 Å². The fraction of sp³-hybridized carbons (Fsp3) is 0.294. The number of benzene rings is 2. The molecule has 1 aliphatic rings. The second-order valence-electron chi connectivity index (χ2n) is 5.06. The standard InChI is InChI=1S/C17H17FO2/c1-2-20-16-9-4-3-6-14(16)17(19)11-10-12-13(17)7-5-8-15(12)18/h3-9,19H,2,10-11H2,1H3. The summed E-state index contributed by atoms with van der Waals surface area (Å²) in [5, 5.41) is 11.1. The van der Waals surface area contributed by atoms with Crippen LogP contribution in [0.5, 0.6) is 5.75 Å². The van der Waals surface area contributed by atoms with E-state index < -0.39 is 5.60 Å². The monoisotopic (exact) mass is 272 g/mol. The van der Waals surface area contributed by atoms with Gasteiger partial charge in [0.1, 0.15) is 17.2 Å². The maximum absolute atomic E-state index is 13.9. The molecule has 2 aromatic carbocycles. The number of aliphatic hydroxyl groups is 1. The zero-order chi connectivity index (χ0) is 14.2. The Balaban J connectivity index is 2.15. The zero-order valence-electron chi connectivity index (χ0n) is 11.4. The lowest BCUT2D eigenvalue weighted by Gasteiger charge is -2.26. The van der Waals surface area contributed by atoms with E-state index in [1.807, 2.05) is 31.2 Å². The molecule has 0 aliphatic heterocycles. The molecule has 0 bridgehead atoms. The minimum absolute atomic E-state index is 0.243. The van der Waals surface area contributed by atoms with Crippen LogP contribution in [-0.2, 0) is 12.0 Å². The average Bonchev–Trinajstić information content (AvgIpc) is 2.80. The van der Waals surface area contributed by atoms with Crippen LogP contribution in [0, 0.1) is 5.82 Å². The third-order valence-electron chi connectivity index (χ3n) is 3.93. The predicted molar refractivity (Wildman–Crippen MR) is 75.3 cm³/mol. The van der Waals surface area contributed by atoms with Crippen molar-refractivity contribution in [2.24, 2.45) is 0 Å². The third-order valence-corrected chi connectivity index (χ3v) is 3.93. The molecular weight excluding hydrogens is 255 g/mol. The Morgan fingerprint density at radius 2 is 1.90 bits per heavy atom. The Bertz CT molecular complexity index is 639. The number of fused-ring (bicyclic) bond motifs is 1. The van der Waals surface area contributed by atoms with Gasteiger partial charge in [-0.25, -0.2) is 4.39 Å². The lowest BCUT2D eigenvalue weighted by molar-refractivity contribution is 0.0792. The van der Waals surface area contributed by atoms with Gasteiger partial charge in [0.15, 0.2) is 0 Å². The lowest BCUT2D eigenvalue weighted by Crippen LogP contribution is -2.25. The van der Waals surface area contributed by atoms with E-state index >= 15 is 0 Å². The van der Waals surface area contributed by atoms with Crippen molar-refractivity contribution in [3.8, 4) is 5.75 Å². The first-order chi connectivity index (χ1) is 9.66. The molecule has 3 rings (SSSR count). The topological polar surface area (TPSA) is 29.5 Å². The second-order valence-corrected chi connectivity index (χ2v) is 5.06. The number of hydrogen-bond acceptors (Lipinski definition) is 2. The van der Waals surface area contributed by atoms with Crippen LogP contribution in [0.2, 0.25) is 0 Å². The summed E-state index contributed by atoms with van der Waals surface area (Å²) < 4.78 is 19.5. The summed E-state index contributed by atoms with van der Waals surface area (Å²) in [5.41, 5.74) is 0.820. The van der Waals surface area contributed by atoms with Crippen LogP contribution < -0.4 is 4.74 Å². The van der Waals surface area contributed by atoms with Gasteiger partial charge in [0.05, 0.1) is 6.61 Å². The first-order valence-corrected chi connectivity index (χ1v) is 6.89. The quantitative estimate of drug-likeness (QED) is 0.928. The molecule has 2 aromatic rings. The Labute approximate surface area is 117 Å². The third kappa shape index (κ3) is 1.90. The van der Waals surface area contributed by atoms with Gasteiger partial charge in [-0.3, -0.25) is 0 Å². The normalized spacial score (nSPS) is 20.8. The first kappa shape index (κ1) is 13.1. The molecule has 20 heavy (non-hydrogen) atoms. The second kappa shape index (κ2) is 4.91. The molecule has 1 unspecified atom stereocenters. The highest BCUT2D eigenvalue weighted by atomic mass is 19.1. The van der Waals surface area contributed by atoms with Gasteiger partial charge in [-0.05, 0) is 43.0 Å². The highest BCUT2D eigenvalue weighted by Gasteiger charge is 2.41. The van der Waals surface area contributed by atoms with Gasteiger partial charge in [-0.2, -0.15) is 0 Å². The number of hydrogen-bond donors (Lipinski definition) is 1. The Kier molecular flexibility index (Phi) is 3.22. The number of rotatable bonds is 3. The molecule has 1 atom stereocenters. The van der Waals surface area contributed by atoms with E-state index in [1.165, 1.54) is 6.07 Å². The first-order valence-electron chi connectivity index (χ1n) is 6.89. The van der Waals surface area contributed by atoms with Gasteiger partial charge >= 0.3 is 0 Å². The number of para-hydroxylation sites is 1. The zero-order valence-corrected chi connectivity index (χ0v) is 11.4. The summed E-state index contributed by atoms with van der Waals surface area (Å²) in [7, 11) is 0. The lowest BCUT2D eigenvalue weighted by atomic mass is 9.87. The Morgan fingerprint density at radius 1 is 1.15 bits per heavy atom. The van der Waals surface area contributed by atoms with Gasteiger partial charge in [0.2, 0.25) is 0 Å². The molecule has 0 radical (unpaired) electrons. The molecule has 1 aliphatic carbocycles. The van der Waals surface area contributed by atoms with Crippen LogP contribution in [0.25, 0.3) is 0 Å². The molecule has 3 heteroatoms. The van der Waals surface area contributed by atoms with Crippen molar-refractivity contribution in [3.05, 3.63) is 65.0 Å². The van der Waals surface area contributed by atoms with Crippen LogP contribution in [0.1, 0.15) is 30.0 Å². The van der Waals surface area contributed by atoms with E-state index in [0.29, 0.717) is 41.9 Å². The molecule has 0 amide bonds. The van der Waals surface area contributed by atoms with Crippen LogP contribution in [0.3, 0.4) is 0 Å². The van der Waals surface area contributed by atoms with Crippen molar-refractivity contribution in [1.82, 2.24) is 0 Å². The molecule has 2 nitrogen and oxygen atoms in total. The Hall–Kier alpha value is -1.87. The number of ether oxygens (including phenoxy) is 1. The SMILES string of the molecule is CCOc1ccccc1C1(O)CCc2c(F)cccc21. The van der Waals surface area contributed by atoms with E-state index in [9.17, 15) is 9.50 Å². The predicted octanol–water partition coefficient (Wildman–Crippen LogP) is 3.41. The molecule has 0 spiro atoms. The average molecular weight is 272 g/mol. The molecule has 0 heterocycles. The van der Waals surface area contributed by atoms with Crippen molar-refractivity contribution in [2.75, 3.05) is 6.61 Å². The maximum atomic E-state index is 13.9. The van der Waals surface area contributed by atoms with Crippen molar-refractivity contribution < 1.29 is 14.2 Å². The summed E-state index contributed by atoms with van der Waals surface area (Å²) in [4.78, 5) is 0. The van der Waals surface area contributed by atoms with Crippen molar-refractivity contribution in [2.45, 2.75) is 25.4 Å². The summed E-state index contributed by atoms with van der Waals surface area (Å²) >= 11 is 0. The van der Waals surface area contributed by atoms with Gasteiger partial charge in [-0.15, -0.1) is 0 Å². The van der Waals surface area contributed by atoms with Crippen LogP contribution >= 0.6 is 0 Å². The van der Waals surface area contributed by atoms with Crippen molar-refractivity contribution in [1.29, 1.82) is 0 Å². The minimum Gasteiger partial charge on any atom is -0.493 e. The summed E-state index contributed by atoms with van der Waals surface area (Å²) in [6, 6.07) is 12.3. The van der Waals surface area contributed by atoms with Gasteiger partial charge in [0.25, 0.3) is 0 Å². The van der Waals surface area contributed by atoms with Crippen molar-refractivity contribution in [3.63, 3.8) is 0 Å². The maximum Gasteiger partial charge on any atom is 0.126 e. The molecule has 0 saturated carbocycles. The Morgan fingerprint density at radius 3 is 2.70 bits per heavy atom. The fourth-order valence-corrected chi connectivity index (χ4v) is 3.01. The largest absolute Gasteiger partial charge is 0.493 e. The van der Waals surface area contributed by atoms with Crippen LogP contribution in [0.15, 0.2) is 42.5 Å². The summed E-state index contributed by atoms with van der Waals surface area (Å²) in [5.74, 6) is 0.418. The van der Waals surface area contributed by atoms with E-state index in [1.54, 1.807) is 12.1 Å². The summed E-state index contributed by atoms with van der Waals surface area (Å²) in [6.45, 7) is 2.44. The van der Waals surface area contributed by atoms with Gasteiger partial charge < -0.3 is 9.84 Å². The van der Waals surface area contributed by atoms with Gasteiger partial charge in [0, 0.05) is 5.56 Å². The van der Waals surface area contributed by atoms with Crippen LogP contribution in [0.4, 0.5) is 4.39 Å². The smallest absolute Gasteiger partial charge is 0.126 e. The van der Waals surface area contributed by atoms with Crippen molar-refractivity contribution >= 4 is 0 Å². The summed E-state index contributed by atoms with van der Waals surface area (Å²) in [6.07, 6.45) is 1.02.